The largest absolute Gasteiger partial charge is 0.493 e. The predicted molar refractivity (Wildman–Crippen MR) is 121 cm³/mol. The summed E-state index contributed by atoms with van der Waals surface area (Å²) in [7, 11) is 1.48. The monoisotopic (exact) mass is 504 g/mol. The molecule has 31 heavy (non-hydrogen) atoms. The summed E-state index contributed by atoms with van der Waals surface area (Å²) >= 11 is 8.56. The molecule has 0 spiro atoms. The van der Waals surface area contributed by atoms with Crippen molar-refractivity contribution in [3.63, 3.8) is 0 Å². The zero-order valence-electron chi connectivity index (χ0n) is 16.5. The van der Waals surface area contributed by atoms with Gasteiger partial charge in [0.25, 0.3) is 11.8 Å². The average molecular weight is 505 g/mol. The van der Waals surface area contributed by atoms with Gasteiger partial charge in [0.2, 0.25) is 0 Å². The van der Waals surface area contributed by atoms with Gasteiger partial charge in [0, 0.05) is 0 Å². The first-order valence-electron chi connectivity index (χ1n) is 9.02. The summed E-state index contributed by atoms with van der Waals surface area (Å²) in [5, 5.41) is 11.5. The van der Waals surface area contributed by atoms with Crippen LogP contribution in [0.5, 0.6) is 11.5 Å². The van der Waals surface area contributed by atoms with Crippen LogP contribution >= 0.6 is 28.1 Å². The van der Waals surface area contributed by atoms with Gasteiger partial charge >= 0.3 is 5.97 Å². The molecular weight excluding hydrogens is 488 g/mol. The van der Waals surface area contributed by atoms with E-state index in [2.05, 4.69) is 21.2 Å². The molecule has 0 aromatic heterocycles. The molecule has 2 N–H and O–H groups in total. The number of thiocarbonyl (C=S) groups is 1. The minimum Gasteiger partial charge on any atom is -0.493 e. The highest BCUT2D eigenvalue weighted by molar-refractivity contribution is 9.10. The van der Waals surface area contributed by atoms with E-state index >= 15 is 0 Å². The Balaban J connectivity index is 2.04. The van der Waals surface area contributed by atoms with Crippen molar-refractivity contribution < 1.29 is 29.0 Å². The maximum atomic E-state index is 13.1. The number of nitrogens with one attached hydrogen (secondary N) is 1. The average Bonchev–Trinajstić information content (AvgIpc) is 2.73. The van der Waals surface area contributed by atoms with Gasteiger partial charge in [-0.1, -0.05) is 6.07 Å². The molecule has 0 saturated carbocycles. The lowest BCUT2D eigenvalue weighted by molar-refractivity contribution is -0.122. The van der Waals surface area contributed by atoms with E-state index in [1.165, 1.54) is 37.5 Å². The number of rotatable bonds is 6. The number of carbonyl (C=O) groups excluding carboxylic acids is 2. The number of hydrogen-bond donors (Lipinski definition) is 2. The highest BCUT2D eigenvalue weighted by Crippen LogP contribution is 2.37. The summed E-state index contributed by atoms with van der Waals surface area (Å²) in [5.74, 6) is -1.57. The molecular formula is C21H17BrN2O6S. The third-order valence-electron chi connectivity index (χ3n) is 4.30. The molecule has 1 fully saturated rings. The van der Waals surface area contributed by atoms with Crippen molar-refractivity contribution >= 4 is 62.8 Å². The molecule has 0 aliphatic carbocycles. The van der Waals surface area contributed by atoms with Crippen LogP contribution in [0.25, 0.3) is 6.08 Å². The summed E-state index contributed by atoms with van der Waals surface area (Å²) in [4.78, 5) is 38.0. The first kappa shape index (κ1) is 22.4. The van der Waals surface area contributed by atoms with Crippen LogP contribution in [-0.4, -0.2) is 41.7 Å². The fourth-order valence-electron chi connectivity index (χ4n) is 2.94. The van der Waals surface area contributed by atoms with Gasteiger partial charge in [-0.2, -0.15) is 0 Å². The van der Waals surface area contributed by atoms with E-state index in [1.807, 2.05) is 6.92 Å². The maximum absolute atomic E-state index is 13.1. The van der Waals surface area contributed by atoms with Crippen molar-refractivity contribution in [2.75, 3.05) is 18.6 Å². The van der Waals surface area contributed by atoms with E-state index in [0.717, 1.165) is 4.90 Å². The Kier molecular flexibility index (Phi) is 6.71. The number of amides is 2. The number of halogens is 1. The van der Waals surface area contributed by atoms with Crippen molar-refractivity contribution in [1.82, 2.24) is 5.32 Å². The molecule has 1 aliphatic heterocycles. The third-order valence-corrected chi connectivity index (χ3v) is 5.18. The lowest BCUT2D eigenvalue weighted by atomic mass is 10.1. The summed E-state index contributed by atoms with van der Waals surface area (Å²) in [6, 6.07) is 9.03. The van der Waals surface area contributed by atoms with Gasteiger partial charge in [-0.25, -0.2) is 4.79 Å². The predicted octanol–water partition coefficient (Wildman–Crippen LogP) is 3.39. The van der Waals surface area contributed by atoms with Gasteiger partial charge in [0.1, 0.15) is 5.57 Å². The van der Waals surface area contributed by atoms with Crippen molar-refractivity contribution in [3.8, 4) is 11.5 Å². The minimum atomic E-state index is -1.15. The zero-order valence-corrected chi connectivity index (χ0v) is 18.9. The second-order valence-corrected chi connectivity index (χ2v) is 7.52. The standard InChI is InChI=1S/C21H17BrN2O6S/c1-3-30-17-15(22)8-11(9-16(17)29-2)7-14-18(25)23-21(31)24(19(14)26)13-6-4-5-12(10-13)20(27)28/h4-10H,3H2,1-2H3,(H,27,28)(H,23,25,31). The molecule has 8 nitrogen and oxygen atoms in total. The van der Waals surface area contributed by atoms with Crippen LogP contribution in [0.1, 0.15) is 22.8 Å². The molecule has 1 saturated heterocycles. The van der Waals surface area contributed by atoms with E-state index in [-0.39, 0.29) is 21.9 Å². The highest BCUT2D eigenvalue weighted by atomic mass is 79.9. The number of aromatic carboxylic acids is 1. The number of hydrogen-bond acceptors (Lipinski definition) is 6. The topological polar surface area (TPSA) is 105 Å². The normalized spacial score (nSPS) is 15.1. The van der Waals surface area contributed by atoms with Crippen molar-refractivity contribution in [1.29, 1.82) is 0 Å². The number of anilines is 1. The van der Waals surface area contributed by atoms with Crippen LogP contribution < -0.4 is 19.7 Å². The van der Waals surface area contributed by atoms with Gasteiger partial charge in [-0.05, 0) is 77.0 Å². The van der Waals surface area contributed by atoms with Gasteiger partial charge < -0.3 is 14.6 Å². The minimum absolute atomic E-state index is 0.0179. The SMILES string of the molecule is CCOc1c(Br)cc(C=C2C(=O)NC(=S)N(c3cccc(C(=O)O)c3)C2=O)cc1OC. The Bertz CT molecular complexity index is 1130. The number of benzene rings is 2. The molecule has 3 rings (SSSR count). The number of methoxy groups -OCH3 is 1. The number of ether oxygens (including phenoxy) is 2. The highest BCUT2D eigenvalue weighted by Gasteiger charge is 2.34. The molecule has 2 aromatic carbocycles. The first-order chi connectivity index (χ1) is 14.8. The molecule has 0 atom stereocenters. The first-order valence-corrected chi connectivity index (χ1v) is 10.2. The second kappa shape index (κ2) is 9.27. The van der Waals surface area contributed by atoms with Gasteiger partial charge in [-0.15, -0.1) is 0 Å². The Hall–Kier alpha value is -3.24. The molecule has 2 amide bonds. The third kappa shape index (κ3) is 4.59. The van der Waals surface area contributed by atoms with E-state index in [4.69, 9.17) is 21.7 Å². The number of carboxylic acids is 1. The van der Waals surface area contributed by atoms with Crippen LogP contribution in [-0.2, 0) is 9.59 Å². The maximum Gasteiger partial charge on any atom is 0.335 e. The zero-order chi connectivity index (χ0) is 22.7. The van der Waals surface area contributed by atoms with Crippen molar-refractivity contribution in [3.05, 3.63) is 57.6 Å². The molecule has 0 radical (unpaired) electrons. The van der Waals surface area contributed by atoms with Crippen molar-refractivity contribution in [2.24, 2.45) is 0 Å². The Labute approximate surface area is 191 Å². The molecule has 10 heteroatoms. The fraction of sp³-hybridized carbons (Fsp3) is 0.143. The summed E-state index contributed by atoms with van der Waals surface area (Å²) in [5.41, 5.74) is 0.548. The molecule has 1 heterocycles. The summed E-state index contributed by atoms with van der Waals surface area (Å²) in [6.07, 6.45) is 1.40. The van der Waals surface area contributed by atoms with E-state index < -0.39 is 17.8 Å². The van der Waals surface area contributed by atoms with Crippen LogP contribution in [0.3, 0.4) is 0 Å². The van der Waals surface area contributed by atoms with Crippen LogP contribution in [0.15, 0.2) is 46.4 Å². The van der Waals surface area contributed by atoms with E-state index in [0.29, 0.717) is 28.1 Å². The van der Waals surface area contributed by atoms with Crippen LogP contribution in [0.4, 0.5) is 5.69 Å². The van der Waals surface area contributed by atoms with E-state index in [9.17, 15) is 19.5 Å². The Morgan fingerprint density at radius 3 is 2.68 bits per heavy atom. The molecule has 0 bridgehead atoms. The van der Waals surface area contributed by atoms with Gasteiger partial charge in [-0.3, -0.25) is 19.8 Å². The Morgan fingerprint density at radius 1 is 1.29 bits per heavy atom. The number of nitrogens with zero attached hydrogens (tertiary/aromatic N) is 1. The number of carboxylic acid groups (broad SMARTS) is 1. The van der Waals surface area contributed by atoms with Gasteiger partial charge in [0.15, 0.2) is 16.6 Å². The molecule has 2 aromatic rings. The summed E-state index contributed by atoms with van der Waals surface area (Å²) in [6.45, 7) is 2.27. The lowest BCUT2D eigenvalue weighted by Gasteiger charge is -2.29. The molecule has 1 aliphatic rings. The molecule has 160 valence electrons. The van der Waals surface area contributed by atoms with Crippen LogP contribution in [0, 0.1) is 0 Å². The second-order valence-electron chi connectivity index (χ2n) is 6.28. The summed E-state index contributed by atoms with van der Waals surface area (Å²) < 4.78 is 11.5. The van der Waals surface area contributed by atoms with Gasteiger partial charge in [0.05, 0.1) is 29.4 Å². The Morgan fingerprint density at radius 2 is 2.03 bits per heavy atom. The smallest absolute Gasteiger partial charge is 0.335 e. The number of carbonyl (C=O) groups is 3. The lowest BCUT2D eigenvalue weighted by Crippen LogP contribution is -2.54. The van der Waals surface area contributed by atoms with Crippen molar-refractivity contribution in [2.45, 2.75) is 6.92 Å². The van der Waals surface area contributed by atoms with E-state index in [1.54, 1.807) is 12.1 Å². The fourth-order valence-corrected chi connectivity index (χ4v) is 3.80. The van der Waals surface area contributed by atoms with Crippen LogP contribution in [0.2, 0.25) is 0 Å². The molecule has 0 unspecified atom stereocenters. The quantitative estimate of drug-likeness (QED) is 0.352.